The number of anilines is 1. The number of rotatable bonds is 3. The van der Waals surface area contributed by atoms with Crippen molar-refractivity contribution in [1.82, 2.24) is 0 Å². The molecule has 3 heteroatoms. The van der Waals surface area contributed by atoms with Crippen LogP contribution in [0.2, 0.25) is 5.02 Å². The molecular formula is C16H15ClN2. The molecule has 2 aromatic rings. The topological polar surface area (TPSA) is 35.8 Å². The van der Waals surface area contributed by atoms with Crippen LogP contribution in [0.25, 0.3) is 0 Å². The number of hydrogen-bond acceptors (Lipinski definition) is 2. The van der Waals surface area contributed by atoms with Crippen LogP contribution >= 0.6 is 11.6 Å². The molecule has 2 nitrogen and oxygen atoms in total. The van der Waals surface area contributed by atoms with E-state index in [4.69, 9.17) is 16.9 Å². The first-order chi connectivity index (χ1) is 9.10. The third-order valence-electron chi connectivity index (χ3n) is 3.11. The highest BCUT2D eigenvalue weighted by molar-refractivity contribution is 6.30. The second kappa shape index (κ2) is 5.77. The van der Waals surface area contributed by atoms with Crippen LogP contribution in [0.1, 0.15) is 29.7 Å². The number of nitrogens with one attached hydrogen (secondary N) is 1. The summed E-state index contributed by atoms with van der Waals surface area (Å²) in [6, 6.07) is 15.7. The Balaban J connectivity index is 2.18. The highest BCUT2D eigenvalue weighted by Gasteiger charge is 2.07. The van der Waals surface area contributed by atoms with Crippen LogP contribution in [0.3, 0.4) is 0 Å². The molecule has 1 N–H and O–H groups in total. The van der Waals surface area contributed by atoms with Crippen molar-refractivity contribution in [2.75, 3.05) is 5.32 Å². The fourth-order valence-corrected chi connectivity index (χ4v) is 2.08. The summed E-state index contributed by atoms with van der Waals surface area (Å²) >= 11 is 6.01. The van der Waals surface area contributed by atoms with Crippen molar-refractivity contribution < 1.29 is 0 Å². The zero-order chi connectivity index (χ0) is 13.8. The molecule has 1 atom stereocenters. The Kier molecular flexibility index (Phi) is 4.09. The van der Waals surface area contributed by atoms with E-state index >= 15 is 0 Å². The number of hydrogen-bond donors (Lipinski definition) is 1. The van der Waals surface area contributed by atoms with Gasteiger partial charge in [-0.25, -0.2) is 0 Å². The van der Waals surface area contributed by atoms with Crippen molar-refractivity contribution >= 4 is 17.3 Å². The van der Waals surface area contributed by atoms with Crippen LogP contribution in [0.15, 0.2) is 42.5 Å². The SMILES string of the molecule is Cc1ccc(Cl)cc1NC(C)c1ccc(C#N)cc1. The highest BCUT2D eigenvalue weighted by Crippen LogP contribution is 2.25. The average Bonchev–Trinajstić information content (AvgIpc) is 2.43. The molecule has 0 aliphatic heterocycles. The minimum absolute atomic E-state index is 0.157. The number of halogens is 1. The maximum Gasteiger partial charge on any atom is 0.0991 e. The fourth-order valence-electron chi connectivity index (χ4n) is 1.91. The predicted octanol–water partition coefficient (Wildman–Crippen LogP) is 4.69. The molecule has 2 rings (SSSR count). The van der Waals surface area contributed by atoms with Gasteiger partial charge in [0.15, 0.2) is 0 Å². The Labute approximate surface area is 118 Å². The number of nitrogens with zero attached hydrogens (tertiary/aromatic N) is 1. The molecule has 2 aromatic carbocycles. The molecule has 19 heavy (non-hydrogen) atoms. The second-order valence-electron chi connectivity index (χ2n) is 4.56. The molecule has 0 saturated carbocycles. The van der Waals surface area contributed by atoms with Crippen molar-refractivity contribution in [3.05, 3.63) is 64.2 Å². The molecule has 0 saturated heterocycles. The monoisotopic (exact) mass is 270 g/mol. The lowest BCUT2D eigenvalue weighted by molar-refractivity contribution is 0.882. The summed E-state index contributed by atoms with van der Waals surface area (Å²) in [4.78, 5) is 0. The lowest BCUT2D eigenvalue weighted by atomic mass is 10.1. The van der Waals surface area contributed by atoms with Crippen LogP contribution in [0, 0.1) is 18.3 Å². The zero-order valence-electron chi connectivity index (χ0n) is 10.9. The van der Waals surface area contributed by atoms with Crippen molar-refractivity contribution in [1.29, 1.82) is 5.26 Å². The molecule has 0 fully saturated rings. The molecule has 0 bridgehead atoms. The van der Waals surface area contributed by atoms with Gasteiger partial charge in [0, 0.05) is 16.8 Å². The van der Waals surface area contributed by atoms with Crippen molar-refractivity contribution in [3.8, 4) is 6.07 Å². The lowest BCUT2D eigenvalue weighted by Gasteiger charge is -2.17. The van der Waals surface area contributed by atoms with E-state index in [1.165, 1.54) is 0 Å². The summed E-state index contributed by atoms with van der Waals surface area (Å²) in [7, 11) is 0. The molecule has 0 spiro atoms. The molecule has 0 heterocycles. The first kappa shape index (κ1) is 13.5. The van der Waals surface area contributed by atoms with E-state index in [0.717, 1.165) is 21.8 Å². The summed E-state index contributed by atoms with van der Waals surface area (Å²) in [5, 5.41) is 12.9. The van der Waals surface area contributed by atoms with Gasteiger partial charge >= 0.3 is 0 Å². The Bertz CT molecular complexity index is 612. The van der Waals surface area contributed by atoms with Gasteiger partial charge in [0.2, 0.25) is 0 Å². The van der Waals surface area contributed by atoms with E-state index in [9.17, 15) is 0 Å². The van der Waals surface area contributed by atoms with Crippen molar-refractivity contribution in [2.45, 2.75) is 19.9 Å². The van der Waals surface area contributed by atoms with Crippen LogP contribution in [-0.2, 0) is 0 Å². The van der Waals surface area contributed by atoms with Crippen LogP contribution in [-0.4, -0.2) is 0 Å². The van der Waals surface area contributed by atoms with Gasteiger partial charge in [-0.2, -0.15) is 5.26 Å². The Morgan fingerprint density at radius 3 is 2.47 bits per heavy atom. The van der Waals surface area contributed by atoms with E-state index < -0.39 is 0 Å². The fraction of sp³-hybridized carbons (Fsp3) is 0.188. The number of aryl methyl sites for hydroxylation is 1. The Hall–Kier alpha value is -1.98. The molecule has 0 radical (unpaired) electrons. The van der Waals surface area contributed by atoms with Crippen LogP contribution in [0.5, 0.6) is 0 Å². The first-order valence-electron chi connectivity index (χ1n) is 6.13. The molecule has 0 aromatic heterocycles. The minimum atomic E-state index is 0.157. The van der Waals surface area contributed by atoms with Crippen LogP contribution < -0.4 is 5.32 Å². The van der Waals surface area contributed by atoms with E-state index in [2.05, 4.69) is 18.3 Å². The van der Waals surface area contributed by atoms with E-state index in [0.29, 0.717) is 5.56 Å². The van der Waals surface area contributed by atoms with Gasteiger partial charge in [0.25, 0.3) is 0 Å². The maximum atomic E-state index is 8.79. The summed E-state index contributed by atoms with van der Waals surface area (Å²) < 4.78 is 0. The molecule has 96 valence electrons. The summed E-state index contributed by atoms with van der Waals surface area (Å²) in [6.07, 6.45) is 0. The Morgan fingerprint density at radius 2 is 1.84 bits per heavy atom. The minimum Gasteiger partial charge on any atom is -0.378 e. The second-order valence-corrected chi connectivity index (χ2v) is 5.00. The van der Waals surface area contributed by atoms with Crippen molar-refractivity contribution in [3.63, 3.8) is 0 Å². The molecule has 1 unspecified atom stereocenters. The lowest BCUT2D eigenvalue weighted by Crippen LogP contribution is -2.07. The standard InChI is InChI=1S/C16H15ClN2/c1-11-3-8-15(17)9-16(11)19-12(2)14-6-4-13(10-18)5-7-14/h3-9,12,19H,1-2H3. The smallest absolute Gasteiger partial charge is 0.0991 e. The van der Waals surface area contributed by atoms with E-state index in [1.54, 1.807) is 0 Å². The number of benzene rings is 2. The molecular weight excluding hydrogens is 256 g/mol. The van der Waals surface area contributed by atoms with E-state index in [-0.39, 0.29) is 6.04 Å². The van der Waals surface area contributed by atoms with Gasteiger partial charge in [0.05, 0.1) is 11.6 Å². The third-order valence-corrected chi connectivity index (χ3v) is 3.35. The normalized spacial score (nSPS) is 11.7. The van der Waals surface area contributed by atoms with Crippen LogP contribution in [0.4, 0.5) is 5.69 Å². The zero-order valence-corrected chi connectivity index (χ0v) is 11.7. The quantitative estimate of drug-likeness (QED) is 0.878. The van der Waals surface area contributed by atoms with E-state index in [1.807, 2.05) is 49.4 Å². The Morgan fingerprint density at radius 1 is 1.16 bits per heavy atom. The third kappa shape index (κ3) is 3.27. The van der Waals surface area contributed by atoms with Gasteiger partial charge in [-0.15, -0.1) is 0 Å². The largest absolute Gasteiger partial charge is 0.378 e. The van der Waals surface area contributed by atoms with Gasteiger partial charge in [-0.3, -0.25) is 0 Å². The van der Waals surface area contributed by atoms with Crippen molar-refractivity contribution in [2.24, 2.45) is 0 Å². The summed E-state index contributed by atoms with van der Waals surface area (Å²) in [5.41, 5.74) is 4.00. The summed E-state index contributed by atoms with van der Waals surface area (Å²) in [5.74, 6) is 0. The van der Waals surface area contributed by atoms with Gasteiger partial charge < -0.3 is 5.32 Å². The van der Waals surface area contributed by atoms with Gasteiger partial charge in [-0.05, 0) is 49.2 Å². The molecule has 0 aliphatic rings. The summed E-state index contributed by atoms with van der Waals surface area (Å²) in [6.45, 7) is 4.13. The highest BCUT2D eigenvalue weighted by atomic mass is 35.5. The first-order valence-corrected chi connectivity index (χ1v) is 6.50. The number of nitriles is 1. The molecule has 0 aliphatic carbocycles. The maximum absolute atomic E-state index is 8.79. The molecule has 0 amide bonds. The van der Waals surface area contributed by atoms with Gasteiger partial charge in [0.1, 0.15) is 0 Å². The predicted molar refractivity (Wildman–Crippen MR) is 79.4 cm³/mol. The average molecular weight is 271 g/mol. The van der Waals surface area contributed by atoms with Gasteiger partial charge in [-0.1, -0.05) is 29.8 Å².